The summed E-state index contributed by atoms with van der Waals surface area (Å²) in [7, 11) is 0. The molecule has 1 fully saturated rings. The fraction of sp³-hybridized carbons (Fsp3) is 0.391. The number of rotatable bonds is 6. The van der Waals surface area contributed by atoms with Gasteiger partial charge in [0.15, 0.2) is 6.10 Å². The molecule has 2 aromatic rings. The summed E-state index contributed by atoms with van der Waals surface area (Å²) >= 11 is 0. The Kier molecular flexibility index (Phi) is 5.81. The Labute approximate surface area is 171 Å². The monoisotopic (exact) mass is 393 g/mol. The Hall–Kier alpha value is -2.86. The van der Waals surface area contributed by atoms with Crippen molar-refractivity contribution in [3.05, 3.63) is 60.2 Å². The minimum absolute atomic E-state index is 0.00887. The molecule has 0 aromatic heterocycles. The third-order valence-electron chi connectivity index (χ3n) is 5.63. The van der Waals surface area contributed by atoms with E-state index in [-0.39, 0.29) is 24.4 Å². The molecule has 0 aliphatic carbocycles. The summed E-state index contributed by atoms with van der Waals surface area (Å²) in [5, 5.41) is 3.06. The van der Waals surface area contributed by atoms with Crippen LogP contribution in [0.25, 0.3) is 0 Å². The molecule has 0 saturated carbocycles. The van der Waals surface area contributed by atoms with Gasteiger partial charge in [-0.25, -0.2) is 0 Å². The van der Waals surface area contributed by atoms with Crippen LogP contribution in [-0.2, 0) is 9.59 Å². The van der Waals surface area contributed by atoms with E-state index in [0.29, 0.717) is 18.0 Å². The van der Waals surface area contributed by atoms with Crippen molar-refractivity contribution in [3.63, 3.8) is 0 Å². The number of amides is 2. The first-order valence-corrected chi connectivity index (χ1v) is 10.3. The standard InChI is InChI=1S/C23H27N3O3/c1-17-23(28)26(19-11-5-6-12-21(19)29-17)16-22(27)24-15-20(25-13-7-8-14-25)18-9-3-2-4-10-18/h2-6,9-12,17,20H,7-8,13-16H2,1H3,(H,24,27). The fourth-order valence-corrected chi connectivity index (χ4v) is 4.12. The third kappa shape index (κ3) is 4.27. The molecule has 2 aromatic carbocycles. The molecule has 2 unspecified atom stereocenters. The number of nitrogens with one attached hydrogen (secondary N) is 1. The van der Waals surface area contributed by atoms with Crippen LogP contribution in [0.5, 0.6) is 5.75 Å². The highest BCUT2D eigenvalue weighted by Gasteiger charge is 2.32. The number of hydrogen-bond donors (Lipinski definition) is 1. The number of likely N-dealkylation sites (tertiary alicyclic amines) is 1. The van der Waals surface area contributed by atoms with Crippen LogP contribution in [0.2, 0.25) is 0 Å². The van der Waals surface area contributed by atoms with E-state index in [0.717, 1.165) is 13.1 Å². The lowest BCUT2D eigenvalue weighted by atomic mass is 10.1. The van der Waals surface area contributed by atoms with Crippen LogP contribution in [0.15, 0.2) is 54.6 Å². The SMILES string of the molecule is CC1Oc2ccccc2N(CC(=O)NCC(c2ccccc2)N2CCCC2)C1=O. The van der Waals surface area contributed by atoms with Gasteiger partial charge in [-0.2, -0.15) is 0 Å². The number of carbonyl (C=O) groups is 2. The lowest BCUT2D eigenvalue weighted by molar-refractivity contribution is -0.128. The van der Waals surface area contributed by atoms with Gasteiger partial charge in [-0.1, -0.05) is 42.5 Å². The highest BCUT2D eigenvalue weighted by Crippen LogP contribution is 2.33. The zero-order valence-electron chi connectivity index (χ0n) is 16.7. The minimum Gasteiger partial charge on any atom is -0.479 e. The Morgan fingerprint density at radius 3 is 2.55 bits per heavy atom. The molecule has 2 heterocycles. The predicted molar refractivity (Wildman–Crippen MR) is 112 cm³/mol. The van der Waals surface area contributed by atoms with Crippen LogP contribution >= 0.6 is 0 Å². The lowest BCUT2D eigenvalue weighted by Gasteiger charge is -2.33. The summed E-state index contributed by atoms with van der Waals surface area (Å²) in [5.41, 5.74) is 1.85. The van der Waals surface area contributed by atoms with Crippen molar-refractivity contribution in [3.8, 4) is 5.75 Å². The Morgan fingerprint density at radius 2 is 1.79 bits per heavy atom. The highest BCUT2D eigenvalue weighted by atomic mass is 16.5. The van der Waals surface area contributed by atoms with Crippen LogP contribution in [0, 0.1) is 0 Å². The van der Waals surface area contributed by atoms with E-state index in [1.807, 2.05) is 42.5 Å². The van der Waals surface area contributed by atoms with Crippen LogP contribution in [0.3, 0.4) is 0 Å². The first-order chi connectivity index (χ1) is 14.1. The van der Waals surface area contributed by atoms with Crippen molar-refractivity contribution >= 4 is 17.5 Å². The van der Waals surface area contributed by atoms with E-state index in [1.54, 1.807) is 6.92 Å². The number of nitrogens with zero attached hydrogens (tertiary/aromatic N) is 2. The fourth-order valence-electron chi connectivity index (χ4n) is 4.12. The zero-order valence-corrected chi connectivity index (χ0v) is 16.7. The lowest BCUT2D eigenvalue weighted by Crippen LogP contribution is -2.49. The van der Waals surface area contributed by atoms with Crippen LogP contribution in [-0.4, -0.2) is 49.0 Å². The molecule has 0 spiro atoms. The molecule has 6 nitrogen and oxygen atoms in total. The van der Waals surface area contributed by atoms with Gasteiger partial charge in [0.2, 0.25) is 5.91 Å². The molecular weight excluding hydrogens is 366 g/mol. The molecule has 2 atom stereocenters. The van der Waals surface area contributed by atoms with Crippen LogP contribution in [0.4, 0.5) is 5.69 Å². The molecule has 0 bridgehead atoms. The van der Waals surface area contributed by atoms with Crippen molar-refractivity contribution < 1.29 is 14.3 Å². The second-order valence-electron chi connectivity index (χ2n) is 7.63. The van der Waals surface area contributed by atoms with Crippen LogP contribution in [0.1, 0.15) is 31.4 Å². The number of benzene rings is 2. The molecule has 2 aliphatic heterocycles. The average molecular weight is 393 g/mol. The third-order valence-corrected chi connectivity index (χ3v) is 5.63. The highest BCUT2D eigenvalue weighted by molar-refractivity contribution is 6.03. The van der Waals surface area contributed by atoms with Crippen molar-refractivity contribution in [2.75, 3.05) is 31.1 Å². The second kappa shape index (κ2) is 8.66. The van der Waals surface area contributed by atoms with Gasteiger partial charge in [0.05, 0.1) is 11.7 Å². The number of fused-ring (bicyclic) bond motifs is 1. The predicted octanol–water partition coefficient (Wildman–Crippen LogP) is 2.75. The van der Waals surface area contributed by atoms with Crippen molar-refractivity contribution in [2.24, 2.45) is 0 Å². The summed E-state index contributed by atoms with van der Waals surface area (Å²) in [6, 6.07) is 17.8. The van der Waals surface area contributed by atoms with Gasteiger partial charge in [-0.05, 0) is 50.6 Å². The van der Waals surface area contributed by atoms with Gasteiger partial charge in [-0.3, -0.25) is 19.4 Å². The van der Waals surface area contributed by atoms with Gasteiger partial charge in [0.25, 0.3) is 5.91 Å². The summed E-state index contributed by atoms with van der Waals surface area (Å²) in [6.45, 7) is 4.32. The van der Waals surface area contributed by atoms with Gasteiger partial charge in [-0.15, -0.1) is 0 Å². The Balaban J connectivity index is 1.44. The van der Waals surface area contributed by atoms with Gasteiger partial charge < -0.3 is 10.1 Å². The molecule has 1 saturated heterocycles. The first-order valence-electron chi connectivity index (χ1n) is 10.3. The number of para-hydroxylation sites is 2. The van der Waals surface area contributed by atoms with Crippen molar-refractivity contribution in [2.45, 2.75) is 31.9 Å². The largest absolute Gasteiger partial charge is 0.479 e. The van der Waals surface area contributed by atoms with Gasteiger partial charge in [0.1, 0.15) is 12.3 Å². The maximum atomic E-state index is 12.8. The van der Waals surface area contributed by atoms with E-state index in [4.69, 9.17) is 4.74 Å². The van der Waals surface area contributed by atoms with E-state index < -0.39 is 6.10 Å². The molecule has 29 heavy (non-hydrogen) atoms. The molecule has 4 rings (SSSR count). The Bertz CT molecular complexity index is 865. The van der Waals surface area contributed by atoms with E-state index in [9.17, 15) is 9.59 Å². The summed E-state index contributed by atoms with van der Waals surface area (Å²) in [4.78, 5) is 29.3. The number of hydrogen-bond acceptors (Lipinski definition) is 4. The van der Waals surface area contributed by atoms with Gasteiger partial charge >= 0.3 is 0 Å². The number of anilines is 1. The average Bonchev–Trinajstić information content (AvgIpc) is 3.27. The summed E-state index contributed by atoms with van der Waals surface area (Å²) in [5.74, 6) is 0.270. The molecule has 0 radical (unpaired) electrons. The van der Waals surface area contributed by atoms with E-state index in [1.165, 1.54) is 23.3 Å². The molecule has 1 N–H and O–H groups in total. The molecular formula is C23H27N3O3. The van der Waals surface area contributed by atoms with E-state index in [2.05, 4.69) is 22.3 Å². The van der Waals surface area contributed by atoms with Crippen LogP contribution < -0.4 is 15.0 Å². The summed E-state index contributed by atoms with van der Waals surface area (Å²) in [6.07, 6.45) is 1.78. The van der Waals surface area contributed by atoms with Crippen molar-refractivity contribution in [1.82, 2.24) is 10.2 Å². The van der Waals surface area contributed by atoms with Crippen molar-refractivity contribution in [1.29, 1.82) is 0 Å². The normalized spacial score (nSPS) is 20.1. The maximum Gasteiger partial charge on any atom is 0.268 e. The molecule has 2 aliphatic rings. The minimum atomic E-state index is -0.598. The first kappa shape index (κ1) is 19.5. The van der Waals surface area contributed by atoms with Gasteiger partial charge in [0, 0.05) is 6.54 Å². The zero-order chi connectivity index (χ0) is 20.2. The quantitative estimate of drug-likeness (QED) is 0.820. The number of carbonyl (C=O) groups excluding carboxylic acids is 2. The molecule has 2 amide bonds. The second-order valence-corrected chi connectivity index (χ2v) is 7.63. The Morgan fingerprint density at radius 1 is 1.10 bits per heavy atom. The van der Waals surface area contributed by atoms with E-state index >= 15 is 0 Å². The molecule has 152 valence electrons. The topological polar surface area (TPSA) is 61.9 Å². The number of ether oxygens (including phenoxy) is 1. The summed E-state index contributed by atoms with van der Waals surface area (Å²) < 4.78 is 5.65. The smallest absolute Gasteiger partial charge is 0.268 e. The molecule has 6 heteroatoms. The maximum absolute atomic E-state index is 12.8.